The number of hydrogen-bond donors (Lipinski definition) is 1. The van der Waals surface area contributed by atoms with Crippen LogP contribution in [-0.2, 0) is 47.0 Å². The quantitative estimate of drug-likeness (QED) is 0.233. The molecule has 0 aliphatic carbocycles. The topological polar surface area (TPSA) is 88.3 Å². The third kappa shape index (κ3) is 143. The van der Waals surface area contributed by atoms with Crippen LogP contribution in [0.1, 0.15) is 27.7 Å². The monoisotopic (exact) mass is 549 g/mol. The molecule has 1 N–H and O–H groups in total. The Kier molecular flexibility index (Phi) is 239. The number of carbonyl (C=O) groups excluding carboxylic acids is 1. The number of aliphatic imine (C=N–C) groups is 2. The third-order valence-corrected chi connectivity index (χ3v) is 1.23. The van der Waals surface area contributed by atoms with Crippen molar-refractivity contribution >= 4 is 17.9 Å². The van der Waals surface area contributed by atoms with Gasteiger partial charge in [0.25, 0.3) is 0 Å². The molecule has 0 unspecified atom stereocenters. The van der Waals surface area contributed by atoms with E-state index in [0.29, 0.717) is 0 Å². The van der Waals surface area contributed by atoms with E-state index in [1.54, 1.807) is 0 Å². The summed E-state index contributed by atoms with van der Waals surface area (Å²) >= 11 is 0. The minimum atomic E-state index is -0.912. The summed E-state index contributed by atoms with van der Waals surface area (Å²) in [5, 5.41) is 8.24. The second-order valence-corrected chi connectivity index (χ2v) is 2.33. The van der Waals surface area contributed by atoms with Crippen molar-refractivity contribution in [2.24, 2.45) is 9.98 Å². The molecule has 29 heavy (non-hydrogen) atoms. The SMILES string of the molecule is C.C.COC(=O)CCN=C=NCCC(=O)O.FF.FF.FF.FF.FF.FF.[Y]. The molecule has 0 fully saturated rings. The molecule has 0 amide bonds. The van der Waals surface area contributed by atoms with Crippen molar-refractivity contribution in [3.63, 3.8) is 0 Å². The largest absolute Gasteiger partial charge is 0.481 e. The number of nitrogens with zero attached hydrogens (tertiary/aromatic N) is 2. The van der Waals surface area contributed by atoms with Crippen molar-refractivity contribution in [3.8, 4) is 0 Å². The van der Waals surface area contributed by atoms with Gasteiger partial charge in [0.1, 0.15) is 0 Å². The fraction of sp³-hybridized carbons (Fsp3) is 0.700. The zero-order chi connectivity index (χ0) is 22.8. The average molecular weight is 549 g/mol. The standard InChI is InChI=1S/C8H12N2O4.2CH4.6F2.Y/c1-14-8(13)3-5-10-6-9-4-2-7(11)12;;;6*1-2;/h2-5H2,1H3,(H,11,12);2*1H4;;;;;;;. The number of ether oxygens (including phenoxy) is 1. The number of carbonyl (C=O) groups is 2. The molecule has 0 heterocycles. The molecule has 0 aromatic rings. The molecular weight excluding hydrogens is 529 g/mol. The smallest absolute Gasteiger partial charge is 0.307 e. The Morgan fingerprint density at radius 2 is 1.03 bits per heavy atom. The van der Waals surface area contributed by atoms with Gasteiger partial charge in [-0.15, -0.1) is 0 Å². The van der Waals surface area contributed by atoms with Crippen molar-refractivity contribution < 1.29 is 107 Å². The van der Waals surface area contributed by atoms with Gasteiger partial charge >= 0.3 is 11.9 Å². The Morgan fingerprint density at radius 1 is 0.759 bits per heavy atom. The van der Waals surface area contributed by atoms with E-state index in [1.807, 2.05) is 0 Å². The molecule has 0 saturated carbocycles. The van der Waals surface area contributed by atoms with Crippen LogP contribution in [0.2, 0.25) is 0 Å². The molecule has 0 aliphatic rings. The average Bonchev–Trinajstić information content (AvgIpc) is 2.75. The normalized spacial score (nSPS) is 5.41. The molecule has 6 nitrogen and oxygen atoms in total. The Labute approximate surface area is 183 Å². The summed E-state index contributed by atoms with van der Waals surface area (Å²) in [7, 11) is 1.30. The minimum Gasteiger partial charge on any atom is -0.481 e. The van der Waals surface area contributed by atoms with Gasteiger partial charge in [-0.25, -0.2) is 9.98 Å². The van der Waals surface area contributed by atoms with Crippen LogP contribution in [0.5, 0.6) is 0 Å². The Bertz CT molecular complexity index is 291. The van der Waals surface area contributed by atoms with E-state index >= 15 is 0 Å². The molecule has 0 spiro atoms. The first-order chi connectivity index (χ1) is 12.7. The van der Waals surface area contributed by atoms with Gasteiger partial charge in [-0.05, 0) is 0 Å². The molecule has 0 atom stereocenters. The Hall–Kier alpha value is -1.42. The number of aliphatic carboxylic acids is 1. The van der Waals surface area contributed by atoms with Crippen LogP contribution in [0, 0.1) is 0 Å². The van der Waals surface area contributed by atoms with Crippen molar-refractivity contribution in [2.45, 2.75) is 27.7 Å². The Morgan fingerprint density at radius 3 is 1.28 bits per heavy atom. The number of halogens is 12. The number of hydrogen-bond acceptors (Lipinski definition) is 5. The number of esters is 1. The van der Waals surface area contributed by atoms with Crippen molar-refractivity contribution in [1.82, 2.24) is 0 Å². The first-order valence-corrected chi connectivity index (χ1v) is 4.89. The summed E-state index contributed by atoms with van der Waals surface area (Å²) in [6.07, 6.45) is 0.136. The molecule has 1 radical (unpaired) electrons. The molecule has 0 aromatic carbocycles. The summed E-state index contributed by atoms with van der Waals surface area (Å²) in [4.78, 5) is 27.8. The summed E-state index contributed by atoms with van der Waals surface area (Å²) in [6, 6.07) is 2.30. The third-order valence-electron chi connectivity index (χ3n) is 1.23. The number of carboxylic acid groups (broad SMARTS) is 1. The molecule has 0 rings (SSSR count). The zero-order valence-electron chi connectivity index (χ0n) is 13.0. The van der Waals surface area contributed by atoms with Crippen LogP contribution < -0.4 is 0 Å². The van der Waals surface area contributed by atoms with Gasteiger partial charge in [-0.3, -0.25) is 9.59 Å². The second-order valence-electron chi connectivity index (χ2n) is 2.33. The molecule has 19 heteroatoms. The molecule has 0 bridgehead atoms. The molecule has 0 aromatic heterocycles. The summed E-state index contributed by atoms with van der Waals surface area (Å²) in [5.41, 5.74) is 0. The van der Waals surface area contributed by atoms with Crippen molar-refractivity contribution in [2.75, 3.05) is 20.2 Å². The number of rotatable bonds is 6. The van der Waals surface area contributed by atoms with Crippen molar-refractivity contribution in [3.05, 3.63) is 0 Å². The van der Waals surface area contributed by atoms with E-state index in [-0.39, 0.29) is 79.5 Å². The van der Waals surface area contributed by atoms with E-state index in [4.69, 9.17) is 60.0 Å². The minimum absolute atomic E-state index is 0. The predicted octanol–water partition coefficient (Wildman–Crippen LogP) is 6.51. The first kappa shape index (κ1) is 63.0. The van der Waals surface area contributed by atoms with Crippen LogP contribution >= 0.6 is 0 Å². The second kappa shape index (κ2) is 110. The van der Waals surface area contributed by atoms with E-state index in [2.05, 4.69) is 20.7 Å². The molecule has 0 saturated heterocycles. The molecule has 0 aliphatic heterocycles. The van der Waals surface area contributed by atoms with E-state index in [0.717, 1.165) is 0 Å². The number of methoxy groups -OCH3 is 1. The Balaban J connectivity index is -0.0000000259. The number of carboxylic acids is 1. The maximum absolute atomic E-state index is 10.6. The van der Waals surface area contributed by atoms with E-state index in [9.17, 15) is 9.59 Å². The van der Waals surface area contributed by atoms with Crippen LogP contribution in [0.15, 0.2) is 9.98 Å². The fourth-order valence-corrected chi connectivity index (χ4v) is 0.551. The van der Waals surface area contributed by atoms with Gasteiger partial charge in [0.05, 0.1) is 39.0 Å². The van der Waals surface area contributed by atoms with Crippen LogP contribution in [0.4, 0.5) is 54.9 Å². The first-order valence-electron chi connectivity index (χ1n) is 4.89. The van der Waals surface area contributed by atoms with Crippen LogP contribution in [0.25, 0.3) is 0 Å². The van der Waals surface area contributed by atoms with Crippen LogP contribution in [-0.4, -0.2) is 43.3 Å². The molecular formula is C10H20F12N2O4Y. The van der Waals surface area contributed by atoms with E-state index in [1.165, 1.54) is 7.11 Å². The predicted molar refractivity (Wildman–Crippen MR) is 75.2 cm³/mol. The summed E-state index contributed by atoms with van der Waals surface area (Å²) < 4.78 is 100. The zero-order valence-corrected chi connectivity index (χ0v) is 15.8. The van der Waals surface area contributed by atoms with Gasteiger partial charge < -0.3 is 9.84 Å². The van der Waals surface area contributed by atoms with Gasteiger partial charge in [-0.2, -0.15) is 0 Å². The summed E-state index contributed by atoms with van der Waals surface area (Å²) in [6.45, 7) is 0.403. The maximum atomic E-state index is 10.6. The summed E-state index contributed by atoms with van der Waals surface area (Å²) in [5.74, 6) is -1.26. The van der Waals surface area contributed by atoms with E-state index < -0.39 is 5.97 Å². The van der Waals surface area contributed by atoms with Gasteiger partial charge in [0.15, 0.2) is 0 Å². The van der Waals surface area contributed by atoms with Crippen molar-refractivity contribution in [1.29, 1.82) is 0 Å². The fourth-order valence-electron chi connectivity index (χ4n) is 0.551. The van der Waals surface area contributed by atoms with Crippen LogP contribution in [0.3, 0.4) is 0 Å². The van der Waals surface area contributed by atoms with Gasteiger partial charge in [0.2, 0.25) is 0 Å². The van der Waals surface area contributed by atoms with Gasteiger partial charge in [0, 0.05) is 87.6 Å². The van der Waals surface area contributed by atoms with Gasteiger partial charge in [-0.1, -0.05) is 14.9 Å². The maximum Gasteiger partial charge on any atom is 0.307 e. The molecule has 181 valence electrons.